The maximum atomic E-state index is 15.2. The standard InChI is InChI=1S/C51H58BrF2N10O5P/c1-4-31-23-42(58-51-55-27-37(52)48(60-51)57-41-11-10-40-35(8-7-30(2)56-40)47(41)70(68)21-5-6-22-70)44(69-3)26-43(31)62-15-13-33(14-16-62)61-17-19-63(20-18-61)50(67)32-28-64(29-32)34-24-38(53)46(39(54)25-34)36-9-12-45(65)59-49(36)66/h7-8,10-11,23-27,32-33,36H,4-6,9,12-22,28-29H2,1-3H3,(H,59,65,66)(H2,55,57,58,60). The van der Waals surface area contributed by atoms with E-state index in [0.717, 1.165) is 97.2 Å². The number of aryl methyl sites for hydroxylation is 2. The van der Waals surface area contributed by atoms with Crippen LogP contribution in [0, 0.1) is 24.5 Å². The highest BCUT2D eigenvalue weighted by Gasteiger charge is 2.40. The predicted octanol–water partition coefficient (Wildman–Crippen LogP) is 7.98. The Bertz CT molecular complexity index is 2890. The molecule has 1 atom stereocenters. The fourth-order valence-corrected chi connectivity index (χ4v) is 14.7. The second-order valence-electron chi connectivity index (χ2n) is 19.2. The first-order valence-electron chi connectivity index (χ1n) is 24.4. The van der Waals surface area contributed by atoms with Crippen LogP contribution in [0.2, 0.25) is 0 Å². The molecule has 3 aromatic carbocycles. The Morgan fingerprint density at radius 3 is 2.31 bits per heavy atom. The minimum Gasteiger partial charge on any atom is -0.494 e. The third-order valence-corrected chi connectivity index (χ3v) is 18.9. The molecular weight excluding hydrogens is 981 g/mol. The van der Waals surface area contributed by atoms with Gasteiger partial charge in [0.15, 0.2) is 0 Å². The number of methoxy groups -OCH3 is 1. The van der Waals surface area contributed by atoms with Gasteiger partial charge in [-0.25, -0.2) is 13.8 Å². The molecule has 3 amide bonds. The number of anilines is 6. The Hall–Kier alpha value is -5.71. The summed E-state index contributed by atoms with van der Waals surface area (Å²) in [4.78, 5) is 60.3. The molecular formula is C51H58BrF2N10O5P. The van der Waals surface area contributed by atoms with Crippen molar-refractivity contribution in [3.8, 4) is 5.75 Å². The summed E-state index contributed by atoms with van der Waals surface area (Å²) in [5.41, 5.74) is 5.58. The van der Waals surface area contributed by atoms with Crippen molar-refractivity contribution in [2.45, 2.75) is 70.8 Å². The first-order chi connectivity index (χ1) is 33.8. The van der Waals surface area contributed by atoms with Crippen molar-refractivity contribution in [3.05, 3.63) is 87.7 Å². The zero-order chi connectivity index (χ0) is 48.8. The Balaban J connectivity index is 0.741. The zero-order valence-corrected chi connectivity index (χ0v) is 42.2. The average molecular weight is 1040 g/mol. The highest BCUT2D eigenvalue weighted by molar-refractivity contribution is 9.10. The van der Waals surface area contributed by atoms with E-state index >= 15 is 8.78 Å². The minimum absolute atomic E-state index is 0.0272. The van der Waals surface area contributed by atoms with E-state index < -0.39 is 36.5 Å². The van der Waals surface area contributed by atoms with Gasteiger partial charge in [0.05, 0.1) is 40.3 Å². The highest BCUT2D eigenvalue weighted by Crippen LogP contribution is 2.54. The lowest BCUT2D eigenvalue weighted by Crippen LogP contribution is -2.59. The number of fused-ring (bicyclic) bond motifs is 1. The Labute approximate surface area is 414 Å². The molecule has 1 unspecified atom stereocenters. The van der Waals surface area contributed by atoms with Crippen molar-refractivity contribution in [1.29, 1.82) is 0 Å². The topological polar surface area (TPSA) is 165 Å². The number of piperazine rings is 1. The summed E-state index contributed by atoms with van der Waals surface area (Å²) in [6.45, 7) is 9.45. The third-order valence-electron chi connectivity index (χ3n) is 14.9. The van der Waals surface area contributed by atoms with Crippen LogP contribution in [0.25, 0.3) is 10.9 Å². The lowest BCUT2D eigenvalue weighted by atomic mass is 9.89. The van der Waals surface area contributed by atoms with Crippen LogP contribution in [0.5, 0.6) is 5.75 Å². The number of halogens is 3. The average Bonchev–Trinajstić information content (AvgIpc) is 3.79. The van der Waals surface area contributed by atoms with E-state index in [9.17, 15) is 18.9 Å². The molecule has 0 saturated carbocycles. The molecule has 368 valence electrons. The van der Waals surface area contributed by atoms with Crippen LogP contribution in [-0.4, -0.2) is 120 Å². The summed E-state index contributed by atoms with van der Waals surface area (Å²) < 4.78 is 51.5. The lowest BCUT2D eigenvalue weighted by molar-refractivity contribution is -0.138. The molecule has 0 spiro atoms. The summed E-state index contributed by atoms with van der Waals surface area (Å²) in [7, 11) is -0.987. The van der Waals surface area contributed by atoms with Gasteiger partial charge in [0, 0.05) is 123 Å². The number of pyridine rings is 1. The largest absolute Gasteiger partial charge is 0.494 e. The van der Waals surface area contributed by atoms with Crippen molar-refractivity contribution in [2.75, 3.05) is 92.2 Å². The molecule has 19 heteroatoms. The van der Waals surface area contributed by atoms with Crippen LogP contribution in [0.4, 0.5) is 43.3 Å². The van der Waals surface area contributed by atoms with Gasteiger partial charge in [0.2, 0.25) is 23.7 Å². The van der Waals surface area contributed by atoms with E-state index in [1.54, 1.807) is 18.2 Å². The molecule has 70 heavy (non-hydrogen) atoms. The summed E-state index contributed by atoms with van der Waals surface area (Å²) in [5.74, 6) is -2.43. The molecule has 15 nitrogen and oxygen atoms in total. The molecule has 7 heterocycles. The van der Waals surface area contributed by atoms with Gasteiger partial charge in [-0.1, -0.05) is 13.0 Å². The number of carbonyl (C=O) groups is 3. The van der Waals surface area contributed by atoms with E-state index in [1.165, 1.54) is 17.7 Å². The fraction of sp³-hybridized carbons (Fsp3) is 0.451. The van der Waals surface area contributed by atoms with Crippen LogP contribution in [0.15, 0.2) is 59.2 Å². The SMILES string of the molecule is CCc1cc(Nc2ncc(Br)c(Nc3ccc4nc(C)ccc4c3P3(=O)CCCC3)n2)c(OC)cc1N1CCC(N2CCN(C(=O)C3CN(c4cc(F)c(C5CCC(=O)NC5=O)c(F)c4)C3)CC2)CC1. The molecule has 0 bridgehead atoms. The number of nitrogens with zero attached hydrogens (tertiary/aromatic N) is 7. The van der Waals surface area contributed by atoms with Crippen molar-refractivity contribution < 1.29 is 32.5 Å². The molecule has 5 aromatic rings. The quantitative estimate of drug-likeness (QED) is 0.0815. The monoisotopic (exact) mass is 1040 g/mol. The number of nitrogens with one attached hydrogen (secondary N) is 3. The summed E-state index contributed by atoms with van der Waals surface area (Å²) in [6, 6.07) is 15.0. The normalized spacial score (nSPS) is 20.1. The van der Waals surface area contributed by atoms with E-state index in [2.05, 4.69) is 65.7 Å². The van der Waals surface area contributed by atoms with Gasteiger partial charge in [-0.3, -0.25) is 29.6 Å². The van der Waals surface area contributed by atoms with Gasteiger partial charge >= 0.3 is 0 Å². The van der Waals surface area contributed by atoms with Crippen molar-refractivity contribution in [1.82, 2.24) is 30.1 Å². The molecule has 10 rings (SSSR count). The van der Waals surface area contributed by atoms with E-state index in [0.29, 0.717) is 72.2 Å². The van der Waals surface area contributed by atoms with Gasteiger partial charge in [-0.2, -0.15) is 4.98 Å². The van der Waals surface area contributed by atoms with Crippen LogP contribution >= 0.6 is 23.1 Å². The summed E-state index contributed by atoms with van der Waals surface area (Å²) in [6.07, 6.45) is 7.81. The Morgan fingerprint density at radius 2 is 1.63 bits per heavy atom. The molecule has 5 aliphatic rings. The van der Waals surface area contributed by atoms with Crippen LogP contribution in [-0.2, 0) is 25.4 Å². The second kappa shape index (κ2) is 19.8. The second-order valence-corrected chi connectivity index (χ2v) is 23.2. The van der Waals surface area contributed by atoms with Crippen LogP contribution in [0.1, 0.15) is 68.2 Å². The van der Waals surface area contributed by atoms with Gasteiger partial charge in [0.1, 0.15) is 30.3 Å². The van der Waals surface area contributed by atoms with E-state index in [4.69, 9.17) is 14.7 Å². The number of hydrogen-bond acceptors (Lipinski definition) is 13. The molecule has 5 fully saturated rings. The first kappa shape index (κ1) is 47.9. The molecule has 0 aliphatic carbocycles. The van der Waals surface area contributed by atoms with Gasteiger partial charge in [-0.15, -0.1) is 0 Å². The van der Waals surface area contributed by atoms with Crippen molar-refractivity contribution in [2.24, 2.45) is 5.92 Å². The molecule has 5 saturated heterocycles. The van der Waals surface area contributed by atoms with Gasteiger partial charge in [-0.05, 0) is 103 Å². The van der Waals surface area contributed by atoms with E-state index in [1.807, 2.05) is 36.1 Å². The number of rotatable bonds is 12. The molecule has 2 aromatic heterocycles. The van der Waals surface area contributed by atoms with E-state index in [-0.39, 0.29) is 30.2 Å². The lowest BCUT2D eigenvalue weighted by Gasteiger charge is -2.46. The van der Waals surface area contributed by atoms with Crippen molar-refractivity contribution in [3.63, 3.8) is 0 Å². The maximum Gasteiger partial charge on any atom is 0.234 e. The number of carbonyl (C=O) groups excluding carboxylic acids is 3. The number of amides is 3. The minimum atomic E-state index is -2.65. The summed E-state index contributed by atoms with van der Waals surface area (Å²) >= 11 is 3.65. The predicted molar refractivity (Wildman–Crippen MR) is 272 cm³/mol. The first-order valence-corrected chi connectivity index (χ1v) is 27.3. The number of imide groups is 1. The maximum absolute atomic E-state index is 15.2. The highest BCUT2D eigenvalue weighted by atomic mass is 79.9. The van der Waals surface area contributed by atoms with Crippen LogP contribution in [0.3, 0.4) is 0 Å². The number of aromatic nitrogens is 3. The van der Waals surface area contributed by atoms with Gasteiger partial charge in [0.25, 0.3) is 0 Å². The Kier molecular flexibility index (Phi) is 13.6. The molecule has 5 aliphatic heterocycles. The van der Waals surface area contributed by atoms with Gasteiger partial charge < -0.3 is 34.6 Å². The third kappa shape index (κ3) is 9.46. The van der Waals surface area contributed by atoms with Crippen molar-refractivity contribution >= 4 is 91.5 Å². The Morgan fingerprint density at radius 1 is 0.900 bits per heavy atom. The molecule has 0 radical (unpaired) electrons. The number of hydrogen-bond donors (Lipinski definition) is 3. The summed E-state index contributed by atoms with van der Waals surface area (Å²) in [5, 5.41) is 10.9. The molecule has 3 N–H and O–H groups in total. The smallest absolute Gasteiger partial charge is 0.234 e. The zero-order valence-electron chi connectivity index (χ0n) is 39.7. The fourth-order valence-electron chi connectivity index (χ4n) is 11.1. The van der Waals surface area contributed by atoms with Crippen LogP contribution < -0.4 is 35.8 Å². The number of piperidine rings is 2. The number of benzene rings is 3. The number of ether oxygens (including phenoxy) is 1.